The van der Waals surface area contributed by atoms with Gasteiger partial charge in [0.25, 0.3) is 0 Å². The summed E-state index contributed by atoms with van der Waals surface area (Å²) in [6.45, 7) is 0.380. The Balaban J connectivity index is 2.51. The summed E-state index contributed by atoms with van der Waals surface area (Å²) < 4.78 is 1.72. The Bertz CT molecular complexity index is 318. The molecule has 12 heavy (non-hydrogen) atoms. The van der Waals surface area contributed by atoms with Gasteiger partial charge in [0, 0.05) is 30.3 Å². The Hall–Kier alpha value is -1.74. The maximum atomic E-state index is 7.98. The van der Waals surface area contributed by atoms with Crippen LogP contribution in [-0.4, -0.2) is 16.3 Å². The summed E-state index contributed by atoms with van der Waals surface area (Å²) in [4.78, 5) is 2.62. The van der Waals surface area contributed by atoms with E-state index in [9.17, 15) is 0 Å². The van der Waals surface area contributed by atoms with Gasteiger partial charge >= 0.3 is 0 Å². The molecular formula is C7H9N5. The van der Waals surface area contributed by atoms with Gasteiger partial charge in [0.1, 0.15) is 0 Å². The minimum atomic E-state index is 0.380. The molecule has 0 unspecified atom stereocenters. The second-order valence-corrected chi connectivity index (χ2v) is 2.26. The molecule has 0 spiro atoms. The molecule has 0 bridgehead atoms. The van der Waals surface area contributed by atoms with Crippen molar-refractivity contribution in [1.82, 2.24) is 9.78 Å². The molecule has 5 nitrogen and oxygen atoms in total. The summed E-state index contributed by atoms with van der Waals surface area (Å²) in [6.07, 6.45) is 7.28. The van der Waals surface area contributed by atoms with Gasteiger partial charge in [0.15, 0.2) is 0 Å². The molecule has 1 rings (SSSR count). The fourth-order valence-electron chi connectivity index (χ4n) is 0.799. The zero-order valence-electron chi connectivity index (χ0n) is 6.75. The SMILES string of the molecule is Cn1cc(C=CCN=[N+]=[N-])cn1. The molecule has 0 atom stereocenters. The fourth-order valence-corrected chi connectivity index (χ4v) is 0.799. The van der Waals surface area contributed by atoms with Crippen LogP contribution in [0.25, 0.3) is 16.5 Å². The van der Waals surface area contributed by atoms with Crippen molar-refractivity contribution in [2.45, 2.75) is 0 Å². The lowest BCUT2D eigenvalue weighted by Crippen LogP contribution is -1.83. The molecular weight excluding hydrogens is 154 g/mol. The highest BCUT2D eigenvalue weighted by atomic mass is 15.2. The highest BCUT2D eigenvalue weighted by Crippen LogP contribution is 1.98. The number of hydrogen-bond donors (Lipinski definition) is 0. The van der Waals surface area contributed by atoms with E-state index in [4.69, 9.17) is 5.53 Å². The van der Waals surface area contributed by atoms with Crippen molar-refractivity contribution in [3.63, 3.8) is 0 Å². The average molecular weight is 163 g/mol. The molecule has 5 heteroatoms. The monoisotopic (exact) mass is 163 g/mol. The second-order valence-electron chi connectivity index (χ2n) is 2.26. The van der Waals surface area contributed by atoms with Gasteiger partial charge in [0.2, 0.25) is 0 Å². The van der Waals surface area contributed by atoms with Crippen LogP contribution in [0.4, 0.5) is 0 Å². The van der Waals surface area contributed by atoms with Gasteiger partial charge in [-0.05, 0) is 5.53 Å². The van der Waals surface area contributed by atoms with Crippen LogP contribution >= 0.6 is 0 Å². The van der Waals surface area contributed by atoms with Crippen molar-refractivity contribution in [2.24, 2.45) is 12.2 Å². The van der Waals surface area contributed by atoms with Gasteiger partial charge in [-0.15, -0.1) is 0 Å². The largest absolute Gasteiger partial charge is 0.275 e. The molecule has 0 amide bonds. The summed E-state index contributed by atoms with van der Waals surface area (Å²) in [6, 6.07) is 0. The van der Waals surface area contributed by atoms with Gasteiger partial charge in [0.05, 0.1) is 6.20 Å². The number of rotatable bonds is 3. The Morgan fingerprint density at radius 1 is 1.83 bits per heavy atom. The Labute approximate surface area is 69.9 Å². The lowest BCUT2D eigenvalue weighted by atomic mass is 10.3. The van der Waals surface area contributed by atoms with Crippen LogP contribution in [0.2, 0.25) is 0 Å². The lowest BCUT2D eigenvalue weighted by molar-refractivity contribution is 0.767. The number of aromatic nitrogens is 2. The molecule has 0 aliphatic carbocycles. The molecule has 62 valence electrons. The summed E-state index contributed by atoms with van der Waals surface area (Å²) in [7, 11) is 1.85. The average Bonchev–Trinajstić information content (AvgIpc) is 2.45. The first-order valence-corrected chi connectivity index (χ1v) is 3.49. The van der Waals surface area contributed by atoms with Crippen LogP contribution in [0.15, 0.2) is 23.6 Å². The minimum Gasteiger partial charge on any atom is -0.275 e. The van der Waals surface area contributed by atoms with E-state index in [-0.39, 0.29) is 0 Å². The van der Waals surface area contributed by atoms with Crippen LogP contribution in [0, 0.1) is 0 Å². The highest BCUT2D eigenvalue weighted by Gasteiger charge is 1.87. The van der Waals surface area contributed by atoms with Crippen LogP contribution < -0.4 is 0 Å². The van der Waals surface area contributed by atoms with Crippen molar-refractivity contribution >= 4 is 6.08 Å². The normalized spacial score (nSPS) is 10.1. The molecule has 0 saturated heterocycles. The molecule has 1 aromatic rings. The topological polar surface area (TPSA) is 66.6 Å². The van der Waals surface area contributed by atoms with Gasteiger partial charge in [-0.3, -0.25) is 4.68 Å². The Kier molecular flexibility index (Phi) is 2.93. The van der Waals surface area contributed by atoms with E-state index in [1.807, 2.05) is 19.3 Å². The fraction of sp³-hybridized carbons (Fsp3) is 0.286. The van der Waals surface area contributed by atoms with Crippen molar-refractivity contribution in [1.29, 1.82) is 0 Å². The van der Waals surface area contributed by atoms with Gasteiger partial charge in [-0.1, -0.05) is 17.3 Å². The number of nitrogens with zero attached hydrogens (tertiary/aromatic N) is 5. The molecule has 0 radical (unpaired) electrons. The lowest BCUT2D eigenvalue weighted by Gasteiger charge is -1.81. The van der Waals surface area contributed by atoms with E-state index in [1.165, 1.54) is 0 Å². The first kappa shape index (κ1) is 8.36. The third-order valence-corrected chi connectivity index (χ3v) is 1.29. The van der Waals surface area contributed by atoms with E-state index in [2.05, 4.69) is 15.1 Å². The quantitative estimate of drug-likeness (QED) is 0.380. The predicted octanol–water partition coefficient (Wildman–Crippen LogP) is 1.74. The van der Waals surface area contributed by atoms with Crippen molar-refractivity contribution in [3.8, 4) is 0 Å². The molecule has 0 N–H and O–H groups in total. The van der Waals surface area contributed by atoms with E-state index in [1.54, 1.807) is 17.0 Å². The zero-order valence-corrected chi connectivity index (χ0v) is 6.75. The maximum Gasteiger partial charge on any atom is 0.0562 e. The molecule has 0 aliphatic heterocycles. The van der Waals surface area contributed by atoms with E-state index in [0.29, 0.717) is 6.54 Å². The van der Waals surface area contributed by atoms with Crippen molar-refractivity contribution in [2.75, 3.05) is 6.54 Å². The second kappa shape index (κ2) is 4.20. The van der Waals surface area contributed by atoms with E-state index >= 15 is 0 Å². The Morgan fingerprint density at radius 3 is 3.25 bits per heavy atom. The van der Waals surface area contributed by atoms with Crippen LogP contribution in [0.3, 0.4) is 0 Å². The summed E-state index contributed by atoms with van der Waals surface area (Å²) in [5, 5.41) is 7.34. The Morgan fingerprint density at radius 2 is 2.67 bits per heavy atom. The molecule has 0 fully saturated rings. The number of aryl methyl sites for hydroxylation is 1. The summed E-state index contributed by atoms with van der Waals surface area (Å²) in [5.74, 6) is 0. The molecule has 1 aromatic heterocycles. The standard InChI is InChI=1S/C7H9N5/c1-12-6-7(5-10-12)3-2-4-9-11-8/h2-3,5-6H,4H2,1H3. The predicted molar refractivity (Wildman–Crippen MR) is 46.3 cm³/mol. The van der Waals surface area contributed by atoms with Crippen LogP contribution in [0.1, 0.15) is 5.56 Å². The van der Waals surface area contributed by atoms with Crippen molar-refractivity contribution in [3.05, 3.63) is 34.5 Å². The number of azide groups is 1. The first-order valence-electron chi connectivity index (χ1n) is 3.49. The zero-order chi connectivity index (χ0) is 8.81. The van der Waals surface area contributed by atoms with Crippen LogP contribution in [0.5, 0.6) is 0 Å². The smallest absolute Gasteiger partial charge is 0.0562 e. The van der Waals surface area contributed by atoms with Gasteiger partial charge in [-0.25, -0.2) is 0 Å². The van der Waals surface area contributed by atoms with Gasteiger partial charge in [-0.2, -0.15) is 5.10 Å². The van der Waals surface area contributed by atoms with E-state index < -0.39 is 0 Å². The summed E-state index contributed by atoms with van der Waals surface area (Å²) >= 11 is 0. The minimum absolute atomic E-state index is 0.380. The third-order valence-electron chi connectivity index (χ3n) is 1.29. The third kappa shape index (κ3) is 2.48. The number of hydrogen-bond acceptors (Lipinski definition) is 2. The van der Waals surface area contributed by atoms with E-state index in [0.717, 1.165) is 5.56 Å². The van der Waals surface area contributed by atoms with Crippen LogP contribution in [-0.2, 0) is 7.05 Å². The molecule has 1 heterocycles. The van der Waals surface area contributed by atoms with Crippen molar-refractivity contribution < 1.29 is 0 Å². The highest BCUT2D eigenvalue weighted by molar-refractivity contribution is 5.46. The molecule has 0 aliphatic rings. The summed E-state index contributed by atoms with van der Waals surface area (Å²) in [5.41, 5.74) is 8.98. The molecule has 0 saturated carbocycles. The van der Waals surface area contributed by atoms with Gasteiger partial charge < -0.3 is 0 Å². The maximum absolute atomic E-state index is 7.98. The molecule has 0 aromatic carbocycles. The first-order chi connectivity index (χ1) is 5.83.